The van der Waals surface area contributed by atoms with Crippen molar-refractivity contribution in [1.82, 2.24) is 10.2 Å². The second-order valence-electron chi connectivity index (χ2n) is 6.08. The van der Waals surface area contributed by atoms with Gasteiger partial charge in [-0.25, -0.2) is 0 Å². The van der Waals surface area contributed by atoms with Gasteiger partial charge in [0, 0.05) is 18.3 Å². The van der Waals surface area contributed by atoms with Crippen molar-refractivity contribution < 1.29 is 19.1 Å². The van der Waals surface area contributed by atoms with E-state index in [1.807, 2.05) is 13.0 Å². The number of rotatable bonds is 7. The highest BCUT2D eigenvalue weighted by Gasteiger charge is 2.15. The molecule has 2 N–H and O–H groups in total. The summed E-state index contributed by atoms with van der Waals surface area (Å²) in [6.45, 7) is 1.58. The minimum Gasteiger partial charge on any atom is -0.497 e. The maximum atomic E-state index is 12.1. The zero-order valence-electron chi connectivity index (χ0n) is 15.6. The third-order valence-corrected chi connectivity index (χ3v) is 3.86. The summed E-state index contributed by atoms with van der Waals surface area (Å²) in [6.07, 6.45) is 0. The number of likely N-dealkylation sites (N-methyl/N-ethyl adjacent to an activating group) is 1. The summed E-state index contributed by atoms with van der Waals surface area (Å²) in [5.74, 6) is -0.338. The topological polar surface area (TPSA) is 87.7 Å². The SMILES string of the molecule is COc1ccc(NC(=O)CN(C)C(=O)CNC(=O)c2cccc(C)c2)cc1. The molecule has 2 aromatic rings. The highest BCUT2D eigenvalue weighted by atomic mass is 16.5. The number of carbonyl (C=O) groups excluding carboxylic acids is 3. The molecule has 0 saturated carbocycles. The van der Waals surface area contributed by atoms with Crippen LogP contribution in [-0.2, 0) is 9.59 Å². The highest BCUT2D eigenvalue weighted by Crippen LogP contribution is 2.14. The van der Waals surface area contributed by atoms with Crippen LogP contribution in [0.3, 0.4) is 0 Å². The van der Waals surface area contributed by atoms with Crippen molar-refractivity contribution in [2.45, 2.75) is 6.92 Å². The average Bonchev–Trinajstić information content (AvgIpc) is 2.66. The summed E-state index contributed by atoms with van der Waals surface area (Å²) >= 11 is 0. The Morgan fingerprint density at radius 2 is 1.78 bits per heavy atom. The third-order valence-electron chi connectivity index (χ3n) is 3.86. The van der Waals surface area contributed by atoms with E-state index >= 15 is 0 Å². The number of ether oxygens (including phenoxy) is 1. The van der Waals surface area contributed by atoms with Crippen molar-refractivity contribution in [3.63, 3.8) is 0 Å². The zero-order chi connectivity index (χ0) is 19.8. The summed E-state index contributed by atoms with van der Waals surface area (Å²) in [5.41, 5.74) is 2.05. The maximum Gasteiger partial charge on any atom is 0.251 e. The number of aryl methyl sites for hydroxylation is 1. The second kappa shape index (κ2) is 9.38. The van der Waals surface area contributed by atoms with E-state index in [2.05, 4.69) is 10.6 Å². The lowest BCUT2D eigenvalue weighted by molar-refractivity contribution is -0.132. The molecule has 0 saturated heterocycles. The van der Waals surface area contributed by atoms with Crippen LogP contribution >= 0.6 is 0 Å². The Balaban J connectivity index is 1.80. The van der Waals surface area contributed by atoms with Crippen LogP contribution in [0.5, 0.6) is 5.75 Å². The van der Waals surface area contributed by atoms with Crippen molar-refractivity contribution in [3.8, 4) is 5.75 Å². The van der Waals surface area contributed by atoms with E-state index in [4.69, 9.17) is 4.74 Å². The molecule has 0 aliphatic carbocycles. The predicted molar refractivity (Wildman–Crippen MR) is 103 cm³/mol. The Kier molecular flexibility index (Phi) is 6.93. The van der Waals surface area contributed by atoms with Gasteiger partial charge in [0.15, 0.2) is 0 Å². The quantitative estimate of drug-likeness (QED) is 0.779. The van der Waals surface area contributed by atoms with E-state index in [9.17, 15) is 14.4 Å². The van der Waals surface area contributed by atoms with Gasteiger partial charge in [0.05, 0.1) is 20.2 Å². The van der Waals surface area contributed by atoms with E-state index in [-0.39, 0.29) is 30.8 Å². The number of benzene rings is 2. The fourth-order valence-corrected chi connectivity index (χ4v) is 2.36. The molecule has 0 fully saturated rings. The molecule has 142 valence electrons. The lowest BCUT2D eigenvalue weighted by Gasteiger charge is -2.17. The van der Waals surface area contributed by atoms with E-state index in [0.717, 1.165) is 5.56 Å². The Labute approximate surface area is 158 Å². The van der Waals surface area contributed by atoms with Gasteiger partial charge in [-0.15, -0.1) is 0 Å². The number of hydrogen-bond acceptors (Lipinski definition) is 4. The number of hydrogen-bond donors (Lipinski definition) is 2. The highest BCUT2D eigenvalue weighted by molar-refractivity contribution is 5.98. The molecule has 0 radical (unpaired) electrons. The second-order valence-corrected chi connectivity index (χ2v) is 6.08. The standard InChI is InChI=1S/C20H23N3O4/c1-14-5-4-6-15(11-14)20(26)21-12-19(25)23(2)13-18(24)22-16-7-9-17(27-3)10-8-16/h4-11H,12-13H2,1-3H3,(H,21,26)(H,22,24). The predicted octanol–water partition coefficient (Wildman–Crippen LogP) is 1.83. The van der Waals surface area contributed by atoms with Crippen LogP contribution < -0.4 is 15.4 Å². The normalized spacial score (nSPS) is 10.0. The molecule has 0 heterocycles. The third kappa shape index (κ3) is 6.14. The zero-order valence-corrected chi connectivity index (χ0v) is 15.6. The molecule has 7 heteroatoms. The molecule has 2 rings (SSSR count). The van der Waals surface area contributed by atoms with Crippen molar-refractivity contribution in [2.75, 3.05) is 32.6 Å². The van der Waals surface area contributed by atoms with Crippen molar-refractivity contribution in [2.24, 2.45) is 0 Å². The molecule has 3 amide bonds. The van der Waals surface area contributed by atoms with Crippen LogP contribution in [0.4, 0.5) is 5.69 Å². The summed E-state index contributed by atoms with van der Waals surface area (Å²) in [6, 6.07) is 14.0. The molecule has 0 atom stereocenters. The number of nitrogens with one attached hydrogen (secondary N) is 2. The van der Waals surface area contributed by atoms with Gasteiger partial charge < -0.3 is 20.3 Å². The van der Waals surface area contributed by atoms with Gasteiger partial charge in [0.25, 0.3) is 5.91 Å². The Bertz CT molecular complexity index is 818. The van der Waals surface area contributed by atoms with Gasteiger partial charge in [-0.3, -0.25) is 14.4 Å². The molecule has 0 unspecified atom stereocenters. The first-order chi connectivity index (χ1) is 12.9. The minimum atomic E-state index is -0.360. The number of nitrogens with zero attached hydrogens (tertiary/aromatic N) is 1. The molecule has 0 aliphatic heterocycles. The summed E-state index contributed by atoms with van der Waals surface area (Å²) in [7, 11) is 3.07. The van der Waals surface area contributed by atoms with Crippen LogP contribution in [0.15, 0.2) is 48.5 Å². The summed E-state index contributed by atoms with van der Waals surface area (Å²) in [5, 5.41) is 5.27. The Morgan fingerprint density at radius 3 is 2.41 bits per heavy atom. The van der Waals surface area contributed by atoms with Gasteiger partial charge in [0.1, 0.15) is 5.75 Å². The van der Waals surface area contributed by atoms with Crippen LogP contribution in [0.25, 0.3) is 0 Å². The van der Waals surface area contributed by atoms with E-state index in [1.165, 1.54) is 11.9 Å². The summed E-state index contributed by atoms with van der Waals surface area (Å²) < 4.78 is 5.05. The lowest BCUT2D eigenvalue weighted by atomic mass is 10.1. The largest absolute Gasteiger partial charge is 0.497 e. The number of methoxy groups -OCH3 is 1. The van der Waals surface area contributed by atoms with Crippen LogP contribution in [0.1, 0.15) is 15.9 Å². The van der Waals surface area contributed by atoms with Gasteiger partial charge in [-0.1, -0.05) is 17.7 Å². The molecular formula is C20H23N3O4. The summed E-state index contributed by atoms with van der Waals surface area (Å²) in [4.78, 5) is 37.5. The average molecular weight is 369 g/mol. The van der Waals surface area contributed by atoms with E-state index in [0.29, 0.717) is 17.0 Å². The maximum absolute atomic E-state index is 12.1. The van der Waals surface area contributed by atoms with Gasteiger partial charge in [-0.2, -0.15) is 0 Å². The lowest BCUT2D eigenvalue weighted by Crippen LogP contribution is -2.41. The fourth-order valence-electron chi connectivity index (χ4n) is 2.36. The van der Waals surface area contributed by atoms with Crippen LogP contribution in [0.2, 0.25) is 0 Å². The molecule has 2 aromatic carbocycles. The Hall–Kier alpha value is -3.35. The minimum absolute atomic E-state index is 0.120. The molecular weight excluding hydrogens is 346 g/mol. The Morgan fingerprint density at radius 1 is 1.07 bits per heavy atom. The van der Waals surface area contributed by atoms with Gasteiger partial charge >= 0.3 is 0 Å². The van der Waals surface area contributed by atoms with Crippen LogP contribution in [-0.4, -0.2) is 49.9 Å². The van der Waals surface area contributed by atoms with Crippen molar-refractivity contribution in [3.05, 3.63) is 59.7 Å². The molecule has 0 bridgehead atoms. The molecule has 0 aliphatic rings. The number of carbonyl (C=O) groups is 3. The first kappa shape index (κ1) is 20.0. The van der Waals surface area contributed by atoms with E-state index in [1.54, 1.807) is 49.6 Å². The fraction of sp³-hybridized carbons (Fsp3) is 0.250. The first-order valence-corrected chi connectivity index (χ1v) is 8.42. The van der Waals surface area contributed by atoms with E-state index < -0.39 is 0 Å². The van der Waals surface area contributed by atoms with Gasteiger partial charge in [-0.05, 0) is 43.3 Å². The molecule has 0 spiro atoms. The van der Waals surface area contributed by atoms with Crippen LogP contribution in [0, 0.1) is 6.92 Å². The number of anilines is 1. The molecule has 27 heavy (non-hydrogen) atoms. The molecule has 0 aromatic heterocycles. The number of amides is 3. The molecule has 7 nitrogen and oxygen atoms in total. The smallest absolute Gasteiger partial charge is 0.251 e. The monoisotopic (exact) mass is 369 g/mol. The van der Waals surface area contributed by atoms with Crippen molar-refractivity contribution >= 4 is 23.4 Å². The first-order valence-electron chi connectivity index (χ1n) is 8.42. The van der Waals surface area contributed by atoms with Gasteiger partial charge in [0.2, 0.25) is 11.8 Å². The van der Waals surface area contributed by atoms with Crippen molar-refractivity contribution in [1.29, 1.82) is 0 Å².